The standard InChI is InChI=1S/C12H10BrNO3/c1-6-3-7-10(17-2)5-9(12(15)16)14-11(7)8(13)4-6/h3-5H,1-2H3,(H,15,16). The summed E-state index contributed by atoms with van der Waals surface area (Å²) in [6, 6.07) is 5.23. The van der Waals surface area contributed by atoms with Gasteiger partial charge in [0.1, 0.15) is 5.75 Å². The van der Waals surface area contributed by atoms with Crippen LogP contribution in [0.2, 0.25) is 0 Å². The van der Waals surface area contributed by atoms with Gasteiger partial charge in [-0.2, -0.15) is 0 Å². The first-order valence-electron chi connectivity index (χ1n) is 4.91. The summed E-state index contributed by atoms with van der Waals surface area (Å²) in [7, 11) is 1.51. The summed E-state index contributed by atoms with van der Waals surface area (Å²) in [6.07, 6.45) is 0. The van der Waals surface area contributed by atoms with Crippen LogP contribution >= 0.6 is 15.9 Å². The number of benzene rings is 1. The minimum absolute atomic E-state index is 0.0288. The minimum atomic E-state index is -1.07. The Labute approximate surface area is 106 Å². The van der Waals surface area contributed by atoms with Gasteiger partial charge in [0, 0.05) is 15.9 Å². The molecule has 0 saturated carbocycles. The molecule has 1 N–H and O–H groups in total. The second-order valence-electron chi connectivity index (χ2n) is 3.66. The monoisotopic (exact) mass is 295 g/mol. The van der Waals surface area contributed by atoms with E-state index >= 15 is 0 Å². The lowest BCUT2D eigenvalue weighted by Gasteiger charge is -2.08. The first-order valence-corrected chi connectivity index (χ1v) is 5.70. The molecule has 5 heteroatoms. The first-order chi connectivity index (χ1) is 8.02. The van der Waals surface area contributed by atoms with Gasteiger partial charge >= 0.3 is 5.97 Å². The number of aromatic carboxylic acids is 1. The number of carbonyl (C=O) groups is 1. The van der Waals surface area contributed by atoms with E-state index in [-0.39, 0.29) is 5.69 Å². The maximum atomic E-state index is 11.0. The lowest BCUT2D eigenvalue weighted by atomic mass is 10.1. The fourth-order valence-corrected chi connectivity index (χ4v) is 2.33. The molecule has 1 aromatic heterocycles. The van der Waals surface area contributed by atoms with Crippen LogP contribution in [-0.2, 0) is 0 Å². The third kappa shape index (κ3) is 2.10. The van der Waals surface area contributed by atoms with Crippen LogP contribution in [0.1, 0.15) is 16.1 Å². The van der Waals surface area contributed by atoms with Crippen molar-refractivity contribution in [3.8, 4) is 5.75 Å². The molecule has 1 heterocycles. The van der Waals surface area contributed by atoms with Gasteiger partial charge in [0.2, 0.25) is 0 Å². The summed E-state index contributed by atoms with van der Waals surface area (Å²) in [4.78, 5) is 15.1. The van der Waals surface area contributed by atoms with Crippen LogP contribution in [0.5, 0.6) is 5.75 Å². The Bertz CT molecular complexity index is 610. The number of hydrogen-bond donors (Lipinski definition) is 1. The van der Waals surface area contributed by atoms with Crippen LogP contribution < -0.4 is 4.74 Å². The van der Waals surface area contributed by atoms with E-state index in [1.807, 2.05) is 19.1 Å². The van der Waals surface area contributed by atoms with E-state index in [9.17, 15) is 4.79 Å². The molecule has 0 aliphatic rings. The minimum Gasteiger partial charge on any atom is -0.496 e. The van der Waals surface area contributed by atoms with Crippen LogP contribution in [0.4, 0.5) is 0 Å². The molecule has 17 heavy (non-hydrogen) atoms. The molecule has 1 aromatic carbocycles. The first kappa shape index (κ1) is 11.9. The van der Waals surface area contributed by atoms with Crippen molar-refractivity contribution in [3.05, 3.63) is 33.9 Å². The fourth-order valence-electron chi connectivity index (χ4n) is 1.67. The molecule has 2 rings (SSSR count). The number of hydrogen-bond acceptors (Lipinski definition) is 3. The molecule has 0 unspecified atom stereocenters. The molecule has 0 aliphatic carbocycles. The topological polar surface area (TPSA) is 59.4 Å². The van der Waals surface area contributed by atoms with Crippen LogP contribution in [0.3, 0.4) is 0 Å². The quantitative estimate of drug-likeness (QED) is 0.925. The number of pyridine rings is 1. The molecule has 88 valence electrons. The van der Waals surface area contributed by atoms with Crippen molar-refractivity contribution in [2.24, 2.45) is 0 Å². The van der Waals surface area contributed by atoms with Gasteiger partial charge in [-0.15, -0.1) is 0 Å². The van der Waals surface area contributed by atoms with Crippen molar-refractivity contribution in [1.29, 1.82) is 0 Å². The van der Waals surface area contributed by atoms with E-state index in [2.05, 4.69) is 20.9 Å². The predicted molar refractivity (Wildman–Crippen MR) is 67.7 cm³/mol. The lowest BCUT2D eigenvalue weighted by Crippen LogP contribution is -2.02. The molecule has 0 amide bonds. The average Bonchev–Trinajstić information content (AvgIpc) is 2.27. The summed E-state index contributed by atoms with van der Waals surface area (Å²) in [5, 5.41) is 9.77. The molecule has 0 aliphatic heterocycles. The molecule has 0 spiro atoms. The number of fused-ring (bicyclic) bond motifs is 1. The Hall–Kier alpha value is -1.62. The highest BCUT2D eigenvalue weighted by molar-refractivity contribution is 9.10. The van der Waals surface area contributed by atoms with Gasteiger partial charge in [0.25, 0.3) is 0 Å². The van der Waals surface area contributed by atoms with Crippen LogP contribution in [0.15, 0.2) is 22.7 Å². The SMILES string of the molecule is COc1cc(C(=O)O)nc2c(Br)cc(C)cc12. The molecule has 0 bridgehead atoms. The van der Waals surface area contributed by atoms with Gasteiger partial charge in [-0.05, 0) is 40.5 Å². The second-order valence-corrected chi connectivity index (χ2v) is 4.51. The molecular formula is C12H10BrNO3. The number of nitrogens with zero attached hydrogens (tertiary/aromatic N) is 1. The molecular weight excluding hydrogens is 286 g/mol. The Kier molecular flexibility index (Phi) is 3.02. The average molecular weight is 296 g/mol. The molecule has 0 fully saturated rings. The number of aromatic nitrogens is 1. The van der Waals surface area contributed by atoms with Gasteiger partial charge in [0.15, 0.2) is 5.69 Å². The highest BCUT2D eigenvalue weighted by atomic mass is 79.9. The van der Waals surface area contributed by atoms with Crippen molar-refractivity contribution < 1.29 is 14.6 Å². The molecule has 0 atom stereocenters. The maximum Gasteiger partial charge on any atom is 0.354 e. The van der Waals surface area contributed by atoms with E-state index in [4.69, 9.17) is 9.84 Å². The van der Waals surface area contributed by atoms with Gasteiger partial charge in [-0.1, -0.05) is 0 Å². The molecule has 0 saturated heterocycles. The van der Waals surface area contributed by atoms with Gasteiger partial charge < -0.3 is 9.84 Å². The zero-order valence-corrected chi connectivity index (χ0v) is 10.9. The number of carboxylic acids is 1. The van der Waals surface area contributed by atoms with E-state index in [0.717, 1.165) is 15.4 Å². The van der Waals surface area contributed by atoms with E-state index < -0.39 is 5.97 Å². The van der Waals surface area contributed by atoms with Crippen molar-refractivity contribution in [3.63, 3.8) is 0 Å². The lowest BCUT2D eigenvalue weighted by molar-refractivity contribution is 0.0690. The van der Waals surface area contributed by atoms with Crippen molar-refractivity contribution in [2.45, 2.75) is 6.92 Å². The predicted octanol–water partition coefficient (Wildman–Crippen LogP) is 3.01. The Balaban J connectivity index is 2.87. The van der Waals surface area contributed by atoms with Crippen LogP contribution in [-0.4, -0.2) is 23.2 Å². The molecule has 2 aromatic rings. The van der Waals surface area contributed by atoms with E-state index in [1.54, 1.807) is 0 Å². The zero-order chi connectivity index (χ0) is 12.6. The number of halogens is 1. The number of methoxy groups -OCH3 is 1. The second kappa shape index (κ2) is 4.33. The summed E-state index contributed by atoms with van der Waals surface area (Å²) in [5.41, 5.74) is 1.61. The Morgan fingerprint density at radius 2 is 2.12 bits per heavy atom. The number of ether oxygens (including phenoxy) is 1. The third-order valence-electron chi connectivity index (χ3n) is 2.41. The summed E-state index contributed by atoms with van der Waals surface area (Å²) >= 11 is 3.38. The number of rotatable bonds is 2. The summed E-state index contributed by atoms with van der Waals surface area (Å²) in [6.45, 7) is 1.95. The third-order valence-corrected chi connectivity index (χ3v) is 3.02. The van der Waals surface area contributed by atoms with Gasteiger partial charge in [0.05, 0.1) is 12.6 Å². The van der Waals surface area contributed by atoms with Crippen LogP contribution in [0.25, 0.3) is 10.9 Å². The van der Waals surface area contributed by atoms with Gasteiger partial charge in [-0.3, -0.25) is 0 Å². The normalized spacial score (nSPS) is 10.5. The summed E-state index contributed by atoms with van der Waals surface area (Å²) < 4.78 is 5.96. The maximum absolute atomic E-state index is 11.0. The molecule has 4 nitrogen and oxygen atoms in total. The van der Waals surface area contributed by atoms with E-state index in [1.165, 1.54) is 13.2 Å². The van der Waals surface area contributed by atoms with Crippen molar-refractivity contribution >= 4 is 32.8 Å². The fraction of sp³-hybridized carbons (Fsp3) is 0.167. The smallest absolute Gasteiger partial charge is 0.354 e. The number of aryl methyl sites for hydroxylation is 1. The highest BCUT2D eigenvalue weighted by Gasteiger charge is 2.13. The van der Waals surface area contributed by atoms with Crippen molar-refractivity contribution in [2.75, 3.05) is 7.11 Å². The highest BCUT2D eigenvalue weighted by Crippen LogP contribution is 2.31. The van der Waals surface area contributed by atoms with Crippen LogP contribution in [0, 0.1) is 6.92 Å². The van der Waals surface area contributed by atoms with Crippen molar-refractivity contribution in [1.82, 2.24) is 4.98 Å². The molecule has 0 radical (unpaired) electrons. The Morgan fingerprint density at radius 3 is 2.71 bits per heavy atom. The summed E-state index contributed by atoms with van der Waals surface area (Å²) in [5.74, 6) is -0.561. The number of carboxylic acid groups (broad SMARTS) is 1. The van der Waals surface area contributed by atoms with E-state index in [0.29, 0.717) is 11.3 Å². The van der Waals surface area contributed by atoms with Gasteiger partial charge in [-0.25, -0.2) is 9.78 Å². The Morgan fingerprint density at radius 1 is 1.41 bits per heavy atom. The largest absolute Gasteiger partial charge is 0.496 e. The zero-order valence-electron chi connectivity index (χ0n) is 9.32.